The van der Waals surface area contributed by atoms with Gasteiger partial charge in [-0.05, 0) is 0 Å². The quantitative estimate of drug-likeness (QED) is 0.416. The van der Waals surface area contributed by atoms with Crippen LogP contribution in [0.25, 0.3) is 0 Å². The van der Waals surface area contributed by atoms with Gasteiger partial charge in [-0.2, -0.15) is 0 Å². The maximum absolute atomic E-state index is 10.1. The molecule has 0 spiro atoms. The molecule has 0 fully saturated rings. The molecule has 0 rings (SSSR count). The van der Waals surface area contributed by atoms with Gasteiger partial charge in [-0.1, -0.05) is 0 Å². The smallest absolute Gasteiger partial charge is 0.786 e. The molecule has 0 aromatic rings. The summed E-state index contributed by atoms with van der Waals surface area (Å²) in [5.41, 5.74) is 0. The maximum atomic E-state index is 10.1. The first kappa shape index (κ1) is 15.8. The van der Waals surface area contributed by atoms with Crippen molar-refractivity contribution >= 4 is 7.91 Å². The van der Waals surface area contributed by atoms with E-state index in [0.717, 1.165) is 0 Å². The Labute approximate surface area is 71.0 Å². The van der Waals surface area contributed by atoms with Crippen molar-refractivity contribution in [2.45, 2.75) is 0 Å². The average molecular weight is 314 g/mol. The van der Waals surface area contributed by atoms with Gasteiger partial charge in [0.05, 0.1) is 0 Å². The van der Waals surface area contributed by atoms with Crippen molar-refractivity contribution in [3.05, 3.63) is 0 Å². The molecule has 0 radical (unpaired) electrons. The van der Waals surface area contributed by atoms with E-state index in [-0.39, 0.29) is 44.8 Å². The van der Waals surface area contributed by atoms with Crippen molar-refractivity contribution in [1.82, 2.24) is 0 Å². The van der Waals surface area contributed by atoms with Gasteiger partial charge in [0.2, 0.25) is 0 Å². The topological polar surface area (TPSA) is 63.2 Å². The predicted octanol–water partition coefficient (Wildman–Crippen LogP) is -1.22. The first-order chi connectivity index (χ1) is 2.00. The molecule has 0 aliphatic carbocycles. The fourth-order valence-corrected chi connectivity index (χ4v) is 0. The zero-order valence-corrected chi connectivity index (χ0v) is 6.51. The van der Waals surface area contributed by atoms with Gasteiger partial charge in [-0.3, -0.25) is 0 Å². The zero-order chi connectivity index (χ0) is 4.50. The third-order valence-electron chi connectivity index (χ3n) is 0. The normalized spacial score (nSPS) is 8.43. The monoisotopic (exact) mass is 312 g/mol. The first-order valence-electron chi connectivity index (χ1n) is 0.717. The van der Waals surface area contributed by atoms with E-state index in [1.54, 1.807) is 0 Å². The largest absolute Gasteiger partial charge is 1.00 e. The Balaban J connectivity index is -0.0000000800. The summed E-state index contributed by atoms with van der Waals surface area (Å²) >= 11 is 0. The molecule has 0 atom stereocenters. The van der Waals surface area contributed by atoms with Gasteiger partial charge in [0.25, 0.3) is 0 Å². The summed E-state index contributed by atoms with van der Waals surface area (Å²) in [4.78, 5) is 16.9. The predicted molar refractivity (Wildman–Crippen MR) is 8.71 cm³/mol. The van der Waals surface area contributed by atoms with Crippen molar-refractivity contribution in [3.63, 3.8) is 0 Å². The molecule has 0 heterocycles. The van der Waals surface area contributed by atoms with Crippen molar-refractivity contribution in [1.29, 1.82) is 0 Å². The summed E-state index contributed by atoms with van der Waals surface area (Å²) in [6.07, 6.45) is 0. The van der Waals surface area contributed by atoms with Crippen LogP contribution in [0.2, 0.25) is 0 Å². The Kier molecular flexibility index (Phi) is 12.9. The fraction of sp³-hybridized carbons (Fsp3) is 0. The molecule has 0 aromatic heterocycles. The Morgan fingerprint density at radius 3 is 1.29 bits per heavy atom. The van der Waals surface area contributed by atoms with Crippen LogP contribution >= 0.6 is 7.91 Å². The number of halogens is 1. The summed E-state index contributed by atoms with van der Waals surface area (Å²) in [5, 5.41) is 0. The van der Waals surface area contributed by atoms with Gasteiger partial charge >= 0.3 is 44.8 Å². The molecule has 0 N–H and O–H groups in total. The van der Waals surface area contributed by atoms with Gasteiger partial charge in [0.15, 0.2) is 0 Å². The molecule has 0 aliphatic heterocycles. The molecular formula is Ag2FO3P. The van der Waals surface area contributed by atoms with Gasteiger partial charge in [0, 0.05) is 0 Å². The van der Waals surface area contributed by atoms with Crippen LogP contribution in [0.5, 0.6) is 0 Å². The van der Waals surface area contributed by atoms with Crippen molar-refractivity contribution in [2.75, 3.05) is 0 Å². The van der Waals surface area contributed by atoms with Crippen LogP contribution in [0.15, 0.2) is 0 Å². The third kappa shape index (κ3) is 96.0. The standard InChI is InChI=1S/2Ag.FH2O3P/c;;1-5(2,3)4/h;;(H2,2,3,4)/q2*+1;/p-2. The number of hydrogen-bond acceptors (Lipinski definition) is 3. The first-order valence-corrected chi connectivity index (χ1v) is 2.15. The molecule has 0 saturated heterocycles. The molecule has 7 heavy (non-hydrogen) atoms. The molecule has 3 nitrogen and oxygen atoms in total. The molecule has 52 valence electrons. The van der Waals surface area contributed by atoms with Crippen molar-refractivity contribution in [2.24, 2.45) is 0 Å². The van der Waals surface area contributed by atoms with Crippen molar-refractivity contribution in [3.8, 4) is 0 Å². The van der Waals surface area contributed by atoms with Crippen LogP contribution in [-0.4, -0.2) is 0 Å². The van der Waals surface area contributed by atoms with Crippen LogP contribution in [0.4, 0.5) is 4.20 Å². The second-order valence-electron chi connectivity index (χ2n) is 0.431. The Hall–Kier alpha value is 1.56. The minimum Gasteiger partial charge on any atom is -0.786 e. The molecule has 0 aliphatic rings. The van der Waals surface area contributed by atoms with E-state index < -0.39 is 7.91 Å². The van der Waals surface area contributed by atoms with Crippen LogP contribution in [-0.2, 0) is 49.3 Å². The second kappa shape index (κ2) is 5.69. The molecular weight excluding hydrogens is 314 g/mol. The van der Waals surface area contributed by atoms with E-state index in [4.69, 9.17) is 14.4 Å². The Morgan fingerprint density at radius 2 is 1.29 bits per heavy atom. The van der Waals surface area contributed by atoms with Gasteiger partial charge in [0.1, 0.15) is 7.91 Å². The SMILES string of the molecule is O=P([O-])([O-])F.[Ag+].[Ag+]. The maximum Gasteiger partial charge on any atom is 1.00 e. The second-order valence-corrected chi connectivity index (χ2v) is 1.29. The average Bonchev–Trinajstić information content (AvgIpc) is 0.722. The summed E-state index contributed by atoms with van der Waals surface area (Å²) in [6, 6.07) is 0. The fourth-order valence-electron chi connectivity index (χ4n) is 0. The van der Waals surface area contributed by atoms with E-state index >= 15 is 0 Å². The van der Waals surface area contributed by atoms with Crippen LogP contribution in [0.1, 0.15) is 0 Å². The molecule has 0 aromatic carbocycles. The summed E-state index contributed by atoms with van der Waals surface area (Å²) in [6.45, 7) is 0. The number of rotatable bonds is 0. The van der Waals surface area contributed by atoms with Crippen molar-refractivity contribution < 1.29 is 63.3 Å². The van der Waals surface area contributed by atoms with Gasteiger partial charge in [-0.25, -0.2) is 4.20 Å². The van der Waals surface area contributed by atoms with Gasteiger partial charge < -0.3 is 14.4 Å². The van der Waals surface area contributed by atoms with Gasteiger partial charge in [-0.15, -0.1) is 0 Å². The molecule has 0 saturated carbocycles. The molecule has 0 unspecified atom stereocenters. The van der Waals surface area contributed by atoms with E-state index in [0.29, 0.717) is 0 Å². The molecule has 0 bridgehead atoms. The Bertz CT molecular complexity index is 59.1. The molecule has 7 heteroatoms. The Morgan fingerprint density at radius 1 is 1.29 bits per heavy atom. The summed E-state index contributed by atoms with van der Waals surface area (Å²) in [5.74, 6) is 0. The summed E-state index contributed by atoms with van der Waals surface area (Å²) in [7, 11) is -5.64. The third-order valence-corrected chi connectivity index (χ3v) is 0. The number of hydrogen-bond donors (Lipinski definition) is 0. The van der Waals surface area contributed by atoms with Crippen LogP contribution in [0.3, 0.4) is 0 Å². The van der Waals surface area contributed by atoms with E-state index in [1.807, 2.05) is 0 Å². The van der Waals surface area contributed by atoms with Crippen LogP contribution < -0.4 is 9.79 Å². The minimum absolute atomic E-state index is 0. The van der Waals surface area contributed by atoms with E-state index in [2.05, 4.69) is 0 Å². The van der Waals surface area contributed by atoms with Crippen LogP contribution in [0, 0.1) is 0 Å². The van der Waals surface area contributed by atoms with E-state index in [9.17, 15) is 4.20 Å². The zero-order valence-electron chi connectivity index (χ0n) is 2.65. The molecule has 0 amide bonds. The summed E-state index contributed by atoms with van der Waals surface area (Å²) < 4.78 is 18.6. The van der Waals surface area contributed by atoms with E-state index in [1.165, 1.54) is 0 Å². The minimum atomic E-state index is -5.64.